The third-order valence-electron chi connectivity index (χ3n) is 6.58. The van der Waals surface area contributed by atoms with Crippen LogP contribution in [0, 0.1) is 5.92 Å². The molecule has 1 heterocycles. The molecule has 170 valence electrons. The average Bonchev–Trinajstić information content (AvgIpc) is 3.16. The third kappa shape index (κ3) is 5.64. The van der Waals surface area contributed by atoms with E-state index in [-0.39, 0.29) is 30.4 Å². The van der Waals surface area contributed by atoms with E-state index in [1.54, 1.807) is 18.7 Å². The van der Waals surface area contributed by atoms with E-state index in [0.29, 0.717) is 19.3 Å². The van der Waals surface area contributed by atoms with Crippen LogP contribution in [-0.4, -0.2) is 58.6 Å². The van der Waals surface area contributed by atoms with E-state index in [1.807, 2.05) is 30.3 Å². The number of carboxylic acids is 1. The normalized spacial score (nSPS) is 24.8. The summed E-state index contributed by atoms with van der Waals surface area (Å²) < 4.78 is 5.22. The zero-order valence-electron chi connectivity index (χ0n) is 18.5. The van der Waals surface area contributed by atoms with Crippen molar-refractivity contribution in [3.63, 3.8) is 0 Å². The molecule has 1 aliphatic heterocycles. The molecule has 2 unspecified atom stereocenters. The number of ether oxygens (including phenoxy) is 1. The number of carbonyl (C=O) groups excluding carboxylic acids is 2. The summed E-state index contributed by atoms with van der Waals surface area (Å²) in [6.45, 7) is 3.74. The molecule has 7 heteroatoms. The fourth-order valence-electron chi connectivity index (χ4n) is 5.06. The van der Waals surface area contributed by atoms with Gasteiger partial charge < -0.3 is 14.7 Å². The van der Waals surface area contributed by atoms with Crippen LogP contribution in [-0.2, 0) is 25.5 Å². The van der Waals surface area contributed by atoms with Crippen LogP contribution in [0.3, 0.4) is 0 Å². The lowest BCUT2D eigenvalue weighted by atomic mass is 9.84. The van der Waals surface area contributed by atoms with Gasteiger partial charge in [0.1, 0.15) is 12.1 Å². The summed E-state index contributed by atoms with van der Waals surface area (Å²) in [5.41, 5.74) is 1.10. The van der Waals surface area contributed by atoms with Gasteiger partial charge in [0.05, 0.1) is 12.6 Å². The molecule has 1 amide bonds. The number of esters is 1. The molecular formula is C24H34N2O5. The monoisotopic (exact) mass is 430 g/mol. The van der Waals surface area contributed by atoms with Gasteiger partial charge in [0.2, 0.25) is 5.91 Å². The summed E-state index contributed by atoms with van der Waals surface area (Å²) in [7, 11) is 0. The predicted octanol–water partition coefficient (Wildman–Crippen LogP) is 2.77. The molecule has 0 bridgehead atoms. The molecule has 1 aromatic rings. The van der Waals surface area contributed by atoms with Crippen LogP contribution >= 0.6 is 0 Å². The lowest BCUT2D eigenvalue weighted by Gasteiger charge is -2.35. The molecule has 0 aromatic heterocycles. The van der Waals surface area contributed by atoms with Crippen LogP contribution in [0.2, 0.25) is 0 Å². The molecule has 2 N–H and O–H groups in total. The Morgan fingerprint density at radius 3 is 2.58 bits per heavy atom. The maximum Gasteiger partial charge on any atom is 0.326 e. The Bertz CT molecular complexity index is 768. The first kappa shape index (κ1) is 23.3. The number of hydrogen-bond acceptors (Lipinski definition) is 5. The van der Waals surface area contributed by atoms with Gasteiger partial charge in [0.15, 0.2) is 0 Å². The van der Waals surface area contributed by atoms with E-state index >= 15 is 0 Å². The molecule has 1 saturated heterocycles. The van der Waals surface area contributed by atoms with Gasteiger partial charge in [-0.25, -0.2) is 4.79 Å². The molecule has 2 fully saturated rings. The number of nitrogens with one attached hydrogen (secondary N) is 1. The summed E-state index contributed by atoms with van der Waals surface area (Å²) in [4.78, 5) is 39.3. The number of aryl methyl sites for hydroxylation is 1. The number of nitrogens with zero attached hydrogens (tertiary/aromatic N) is 1. The van der Waals surface area contributed by atoms with E-state index in [9.17, 15) is 19.5 Å². The molecular weight excluding hydrogens is 396 g/mol. The van der Waals surface area contributed by atoms with Crippen molar-refractivity contribution in [2.24, 2.45) is 5.92 Å². The van der Waals surface area contributed by atoms with Gasteiger partial charge in [-0.05, 0) is 57.4 Å². The Morgan fingerprint density at radius 1 is 1.19 bits per heavy atom. The number of carboxylic acid groups (broad SMARTS) is 1. The van der Waals surface area contributed by atoms with Crippen molar-refractivity contribution in [3.8, 4) is 0 Å². The number of rotatable bonds is 9. The summed E-state index contributed by atoms with van der Waals surface area (Å²) in [6.07, 6.45) is 5.62. The second-order valence-corrected chi connectivity index (χ2v) is 8.66. The highest BCUT2D eigenvalue weighted by Crippen LogP contribution is 2.40. The molecule has 5 atom stereocenters. The minimum absolute atomic E-state index is 0.0167. The average molecular weight is 431 g/mol. The Kier molecular flexibility index (Phi) is 8.07. The van der Waals surface area contributed by atoms with Gasteiger partial charge in [-0.1, -0.05) is 43.2 Å². The van der Waals surface area contributed by atoms with Crippen LogP contribution in [0.1, 0.15) is 57.9 Å². The largest absolute Gasteiger partial charge is 0.480 e. The zero-order valence-corrected chi connectivity index (χ0v) is 18.5. The zero-order chi connectivity index (χ0) is 22.4. The number of aliphatic carboxylic acids is 1. The maximum atomic E-state index is 13.4. The molecule has 1 aromatic carbocycles. The van der Waals surface area contributed by atoms with Gasteiger partial charge in [-0.2, -0.15) is 0 Å². The van der Waals surface area contributed by atoms with E-state index in [1.165, 1.54) is 0 Å². The predicted molar refractivity (Wildman–Crippen MR) is 116 cm³/mol. The lowest BCUT2D eigenvalue weighted by molar-refractivity contribution is -0.152. The summed E-state index contributed by atoms with van der Waals surface area (Å²) in [5.74, 6) is -1.31. The summed E-state index contributed by atoms with van der Waals surface area (Å²) in [5, 5.41) is 12.9. The standard InChI is InChI=1S/C24H34N2O5/c1-3-31-24(30)19(14-13-17-9-5-4-6-10-17)25-16(2)22(27)26-20-12-8-7-11-18(20)15-21(26)23(28)29/h4-6,9-10,16,18-21,25H,3,7-8,11-15H2,1-2H3,(H,28,29)/t16?,18-,19?,20-,21-/m1/s1. The quantitative estimate of drug-likeness (QED) is 0.585. The van der Waals surface area contributed by atoms with Crippen molar-refractivity contribution in [2.75, 3.05) is 6.61 Å². The van der Waals surface area contributed by atoms with E-state index in [0.717, 1.165) is 31.2 Å². The summed E-state index contributed by atoms with van der Waals surface area (Å²) in [6, 6.07) is 7.75. The molecule has 0 radical (unpaired) electrons. The Morgan fingerprint density at radius 2 is 1.90 bits per heavy atom. The van der Waals surface area contributed by atoms with E-state index in [2.05, 4.69) is 5.32 Å². The van der Waals surface area contributed by atoms with Crippen LogP contribution in [0.5, 0.6) is 0 Å². The minimum Gasteiger partial charge on any atom is -0.480 e. The molecule has 3 rings (SSSR count). The first-order valence-electron chi connectivity index (χ1n) is 11.4. The third-order valence-corrected chi connectivity index (χ3v) is 6.58. The number of fused-ring (bicyclic) bond motifs is 1. The molecule has 7 nitrogen and oxygen atoms in total. The first-order valence-corrected chi connectivity index (χ1v) is 11.4. The van der Waals surface area contributed by atoms with Gasteiger partial charge in [-0.15, -0.1) is 0 Å². The van der Waals surface area contributed by atoms with Crippen LogP contribution in [0.25, 0.3) is 0 Å². The summed E-state index contributed by atoms with van der Waals surface area (Å²) >= 11 is 0. The van der Waals surface area contributed by atoms with Crippen molar-refractivity contribution >= 4 is 17.8 Å². The van der Waals surface area contributed by atoms with Gasteiger partial charge in [0.25, 0.3) is 0 Å². The Labute approximate surface area is 184 Å². The van der Waals surface area contributed by atoms with Gasteiger partial charge in [0, 0.05) is 6.04 Å². The number of carbonyl (C=O) groups is 3. The van der Waals surface area contributed by atoms with Crippen LogP contribution < -0.4 is 5.32 Å². The highest BCUT2D eigenvalue weighted by molar-refractivity contribution is 5.88. The van der Waals surface area contributed by atoms with E-state index in [4.69, 9.17) is 4.74 Å². The smallest absolute Gasteiger partial charge is 0.326 e. The second-order valence-electron chi connectivity index (χ2n) is 8.66. The SMILES string of the molecule is CCOC(=O)C(CCc1ccccc1)NC(C)C(=O)N1[C@@H](C(=O)O)C[C@H]2CCCC[C@H]21. The molecule has 0 spiro atoms. The van der Waals surface area contributed by atoms with Crippen LogP contribution in [0.15, 0.2) is 30.3 Å². The Hall–Kier alpha value is -2.41. The second kappa shape index (κ2) is 10.8. The lowest BCUT2D eigenvalue weighted by Crippen LogP contribution is -2.55. The first-order chi connectivity index (χ1) is 14.9. The maximum absolute atomic E-state index is 13.4. The minimum atomic E-state index is -0.944. The van der Waals surface area contributed by atoms with Gasteiger partial charge >= 0.3 is 11.9 Å². The fourth-order valence-corrected chi connectivity index (χ4v) is 5.06. The number of amides is 1. The highest BCUT2D eigenvalue weighted by atomic mass is 16.5. The number of hydrogen-bond donors (Lipinski definition) is 2. The van der Waals surface area contributed by atoms with Crippen molar-refractivity contribution in [1.29, 1.82) is 0 Å². The van der Waals surface area contributed by atoms with Crippen molar-refractivity contribution in [2.45, 2.75) is 83.0 Å². The van der Waals surface area contributed by atoms with Crippen LogP contribution in [0.4, 0.5) is 0 Å². The molecule has 1 aliphatic carbocycles. The molecule has 31 heavy (non-hydrogen) atoms. The topological polar surface area (TPSA) is 95.9 Å². The van der Waals surface area contributed by atoms with Crippen molar-refractivity contribution in [1.82, 2.24) is 10.2 Å². The van der Waals surface area contributed by atoms with Crippen molar-refractivity contribution < 1.29 is 24.2 Å². The number of benzene rings is 1. The molecule has 1 saturated carbocycles. The van der Waals surface area contributed by atoms with Crippen molar-refractivity contribution in [3.05, 3.63) is 35.9 Å². The number of likely N-dealkylation sites (tertiary alicyclic amines) is 1. The Balaban J connectivity index is 1.70. The van der Waals surface area contributed by atoms with E-state index < -0.39 is 24.1 Å². The highest BCUT2D eigenvalue weighted by Gasteiger charge is 2.48. The van der Waals surface area contributed by atoms with Gasteiger partial charge in [-0.3, -0.25) is 14.9 Å². The molecule has 2 aliphatic rings. The fraction of sp³-hybridized carbons (Fsp3) is 0.625.